The number of alkyl halides is 3. The highest BCUT2D eigenvalue weighted by molar-refractivity contribution is 5.83. The van der Waals surface area contributed by atoms with Gasteiger partial charge >= 0.3 is 6.18 Å². The Kier molecular flexibility index (Phi) is 5.41. The first-order valence-corrected chi connectivity index (χ1v) is 7.02. The van der Waals surface area contributed by atoms with Crippen LogP contribution in [0.5, 0.6) is 5.88 Å². The monoisotopic (exact) mass is 331 g/mol. The fourth-order valence-corrected chi connectivity index (χ4v) is 2.09. The van der Waals surface area contributed by atoms with Gasteiger partial charge in [0, 0.05) is 31.8 Å². The third kappa shape index (κ3) is 5.76. The summed E-state index contributed by atoms with van der Waals surface area (Å²) in [5.41, 5.74) is 0.574. The molecule has 0 bridgehead atoms. The Balaban J connectivity index is 1.83. The summed E-state index contributed by atoms with van der Waals surface area (Å²) in [6.07, 6.45) is -2.33. The lowest BCUT2D eigenvalue weighted by Crippen LogP contribution is -2.42. The first-order chi connectivity index (χ1) is 10.8. The average Bonchev–Trinajstić information content (AvgIpc) is 2.51. The van der Waals surface area contributed by atoms with E-state index >= 15 is 0 Å². The Bertz CT molecular complexity index is 568. The Morgan fingerprint density at radius 3 is 2.91 bits per heavy atom. The van der Waals surface area contributed by atoms with Crippen LogP contribution in [-0.4, -0.2) is 36.1 Å². The molecule has 1 saturated heterocycles. The number of carbonyl (C=O) groups excluding carboxylic acids is 2. The molecule has 2 heterocycles. The van der Waals surface area contributed by atoms with E-state index in [1.807, 2.05) is 0 Å². The molecule has 0 aliphatic carbocycles. The van der Waals surface area contributed by atoms with E-state index in [9.17, 15) is 22.8 Å². The van der Waals surface area contributed by atoms with Gasteiger partial charge in [0.25, 0.3) is 0 Å². The van der Waals surface area contributed by atoms with Crippen LogP contribution >= 0.6 is 0 Å². The molecule has 0 saturated carbocycles. The molecule has 6 nitrogen and oxygen atoms in total. The van der Waals surface area contributed by atoms with Crippen LogP contribution in [0, 0.1) is 5.92 Å². The molecule has 0 unspecified atom stereocenters. The van der Waals surface area contributed by atoms with Crippen molar-refractivity contribution in [3.05, 3.63) is 23.9 Å². The van der Waals surface area contributed by atoms with E-state index in [1.54, 1.807) is 6.07 Å². The summed E-state index contributed by atoms with van der Waals surface area (Å²) in [6.45, 7) is -0.979. The number of hydrogen-bond acceptors (Lipinski definition) is 4. The predicted octanol–water partition coefficient (Wildman–Crippen LogP) is 1.17. The maximum atomic E-state index is 12.1. The van der Waals surface area contributed by atoms with E-state index in [1.165, 1.54) is 12.3 Å². The normalized spacial score (nSPS) is 18.2. The predicted molar refractivity (Wildman–Crippen MR) is 73.4 cm³/mol. The van der Waals surface area contributed by atoms with Crippen LogP contribution in [0.2, 0.25) is 0 Å². The summed E-state index contributed by atoms with van der Waals surface area (Å²) >= 11 is 0. The van der Waals surface area contributed by atoms with Gasteiger partial charge < -0.3 is 15.4 Å². The lowest BCUT2D eigenvalue weighted by atomic mass is 9.98. The molecule has 0 radical (unpaired) electrons. The quantitative estimate of drug-likeness (QED) is 0.849. The van der Waals surface area contributed by atoms with Gasteiger partial charge in [-0.05, 0) is 18.1 Å². The Labute approximate surface area is 130 Å². The van der Waals surface area contributed by atoms with E-state index in [-0.39, 0.29) is 30.2 Å². The van der Waals surface area contributed by atoms with E-state index < -0.39 is 12.8 Å². The number of pyridine rings is 1. The van der Waals surface area contributed by atoms with Crippen LogP contribution < -0.4 is 15.4 Å². The van der Waals surface area contributed by atoms with Crippen LogP contribution in [0.15, 0.2) is 18.3 Å². The fourth-order valence-electron chi connectivity index (χ4n) is 2.09. The molecule has 0 spiro atoms. The molecule has 1 aromatic heterocycles. The van der Waals surface area contributed by atoms with Crippen molar-refractivity contribution in [1.82, 2.24) is 15.6 Å². The molecule has 2 amide bonds. The lowest BCUT2D eigenvalue weighted by Gasteiger charge is -2.21. The summed E-state index contributed by atoms with van der Waals surface area (Å²) in [5, 5.41) is 5.30. The van der Waals surface area contributed by atoms with Gasteiger partial charge in [-0.25, -0.2) is 4.98 Å². The summed E-state index contributed by atoms with van der Waals surface area (Å²) in [5.74, 6) is -0.733. The zero-order valence-electron chi connectivity index (χ0n) is 12.2. The number of piperidine rings is 1. The van der Waals surface area contributed by atoms with Gasteiger partial charge in [-0.15, -0.1) is 0 Å². The van der Waals surface area contributed by atoms with Crippen molar-refractivity contribution in [2.75, 3.05) is 13.2 Å². The van der Waals surface area contributed by atoms with E-state index in [4.69, 9.17) is 0 Å². The Morgan fingerprint density at radius 1 is 1.48 bits per heavy atom. The minimum Gasteiger partial charge on any atom is -0.468 e. The number of nitrogens with one attached hydrogen (secondary N) is 2. The maximum absolute atomic E-state index is 12.1. The van der Waals surface area contributed by atoms with Gasteiger partial charge in [0.05, 0.1) is 5.92 Å². The van der Waals surface area contributed by atoms with Crippen molar-refractivity contribution in [3.8, 4) is 5.88 Å². The van der Waals surface area contributed by atoms with Crippen molar-refractivity contribution in [3.63, 3.8) is 0 Å². The fraction of sp³-hybridized carbons (Fsp3) is 0.500. The Hall–Kier alpha value is -2.32. The summed E-state index contributed by atoms with van der Waals surface area (Å²) in [6, 6.07) is 2.91. The van der Waals surface area contributed by atoms with Crippen molar-refractivity contribution >= 4 is 11.8 Å². The second kappa shape index (κ2) is 7.30. The number of carbonyl (C=O) groups is 2. The van der Waals surface area contributed by atoms with Crippen molar-refractivity contribution in [2.45, 2.75) is 25.6 Å². The van der Waals surface area contributed by atoms with E-state index in [0.29, 0.717) is 24.9 Å². The highest BCUT2D eigenvalue weighted by Gasteiger charge is 2.28. The molecule has 1 fully saturated rings. The molecule has 126 valence electrons. The first-order valence-electron chi connectivity index (χ1n) is 7.02. The first kappa shape index (κ1) is 17.0. The average molecular weight is 331 g/mol. The third-order valence-corrected chi connectivity index (χ3v) is 3.29. The standard InChI is InChI=1S/C14H16F3N3O3/c15-14(16,17)8-23-12-5-9(3-4-18-12)6-20-13(22)10-1-2-11(21)19-7-10/h3-5,10H,1-2,6-8H2,(H,19,21)(H,20,22)/t10-/m0/s1. The molecule has 1 atom stereocenters. The second-order valence-corrected chi connectivity index (χ2v) is 5.16. The molecule has 2 rings (SSSR count). The highest BCUT2D eigenvalue weighted by Crippen LogP contribution is 2.17. The van der Waals surface area contributed by atoms with Crippen LogP contribution in [0.3, 0.4) is 0 Å². The molecule has 9 heteroatoms. The van der Waals surface area contributed by atoms with E-state index in [2.05, 4.69) is 20.4 Å². The van der Waals surface area contributed by atoms with Gasteiger partial charge in [0.1, 0.15) is 0 Å². The third-order valence-electron chi connectivity index (χ3n) is 3.29. The number of aromatic nitrogens is 1. The molecular weight excluding hydrogens is 315 g/mol. The lowest BCUT2D eigenvalue weighted by molar-refractivity contribution is -0.154. The largest absolute Gasteiger partial charge is 0.468 e. The SMILES string of the molecule is O=C1CC[C@H](C(=O)NCc2ccnc(OCC(F)(F)F)c2)CN1. The van der Waals surface area contributed by atoms with Gasteiger partial charge in [-0.3, -0.25) is 9.59 Å². The van der Waals surface area contributed by atoms with Crippen LogP contribution in [-0.2, 0) is 16.1 Å². The summed E-state index contributed by atoms with van der Waals surface area (Å²) < 4.78 is 40.8. The molecule has 1 aliphatic heterocycles. The summed E-state index contributed by atoms with van der Waals surface area (Å²) in [4.78, 5) is 26.7. The molecule has 23 heavy (non-hydrogen) atoms. The minimum atomic E-state index is -4.43. The number of nitrogens with zero attached hydrogens (tertiary/aromatic N) is 1. The number of halogens is 3. The zero-order chi connectivity index (χ0) is 16.9. The van der Waals surface area contributed by atoms with Gasteiger partial charge in [0.15, 0.2) is 6.61 Å². The minimum absolute atomic E-state index is 0.0744. The van der Waals surface area contributed by atoms with Gasteiger partial charge in [0.2, 0.25) is 17.7 Å². The highest BCUT2D eigenvalue weighted by atomic mass is 19.4. The second-order valence-electron chi connectivity index (χ2n) is 5.16. The number of amides is 2. The molecule has 0 aromatic carbocycles. The van der Waals surface area contributed by atoms with Crippen molar-refractivity contribution in [1.29, 1.82) is 0 Å². The maximum Gasteiger partial charge on any atom is 0.422 e. The molecule has 1 aliphatic rings. The van der Waals surface area contributed by atoms with Crippen molar-refractivity contribution in [2.24, 2.45) is 5.92 Å². The molecule has 1 aromatic rings. The van der Waals surface area contributed by atoms with Crippen LogP contribution in [0.25, 0.3) is 0 Å². The van der Waals surface area contributed by atoms with Crippen LogP contribution in [0.1, 0.15) is 18.4 Å². The summed E-state index contributed by atoms with van der Waals surface area (Å²) in [7, 11) is 0. The smallest absolute Gasteiger partial charge is 0.422 e. The topological polar surface area (TPSA) is 80.3 Å². The number of hydrogen-bond donors (Lipinski definition) is 2. The number of ether oxygens (including phenoxy) is 1. The molecule has 2 N–H and O–H groups in total. The van der Waals surface area contributed by atoms with Gasteiger partial charge in [-0.1, -0.05) is 0 Å². The van der Waals surface area contributed by atoms with E-state index in [0.717, 1.165) is 0 Å². The van der Waals surface area contributed by atoms with Crippen LogP contribution in [0.4, 0.5) is 13.2 Å². The van der Waals surface area contributed by atoms with Crippen molar-refractivity contribution < 1.29 is 27.5 Å². The zero-order valence-corrected chi connectivity index (χ0v) is 12.2. The van der Waals surface area contributed by atoms with Gasteiger partial charge in [-0.2, -0.15) is 13.2 Å². The molecular formula is C14H16F3N3O3. The Morgan fingerprint density at radius 2 is 2.26 bits per heavy atom. The number of rotatable bonds is 5.